The number of hydrogen-bond donors (Lipinski definition) is 2. The summed E-state index contributed by atoms with van der Waals surface area (Å²) in [4.78, 5) is 21.5. The van der Waals surface area contributed by atoms with Crippen molar-refractivity contribution in [1.82, 2.24) is 14.7 Å². The molecule has 36 heavy (non-hydrogen) atoms. The van der Waals surface area contributed by atoms with Crippen LogP contribution >= 0.6 is 11.6 Å². The van der Waals surface area contributed by atoms with Crippen LogP contribution in [0.15, 0.2) is 71.8 Å². The van der Waals surface area contributed by atoms with Gasteiger partial charge in [0.2, 0.25) is 5.88 Å². The second-order valence-corrected chi connectivity index (χ2v) is 10.2. The Morgan fingerprint density at radius 2 is 1.67 bits per heavy atom. The van der Waals surface area contributed by atoms with E-state index in [1.165, 1.54) is 24.3 Å². The van der Waals surface area contributed by atoms with Crippen LogP contribution < -0.4 is 15.2 Å². The molecule has 0 atom stereocenters. The Bertz CT molecular complexity index is 1570. The first-order valence-electron chi connectivity index (χ1n) is 10.9. The van der Waals surface area contributed by atoms with Crippen LogP contribution in [-0.4, -0.2) is 24.3 Å². The molecule has 0 saturated carbocycles. The molecule has 1 amide bonds. The third-order valence-electron chi connectivity index (χ3n) is 5.31. The first kappa shape index (κ1) is 25.2. The summed E-state index contributed by atoms with van der Waals surface area (Å²) in [6.45, 7) is 5.72. The Kier molecular flexibility index (Phi) is 6.96. The summed E-state index contributed by atoms with van der Waals surface area (Å²) >= 11 is 6.35. The standard InChI is InChI=1S/C26H23ClN4O4S.H2/c1-15-13-16(2)24(17(3)14-15)35-26-19(11-12-21(29-26)18-7-4-5-8-20(18)27)25(32)31-36(33,34)23-10-6-9-22(28)30-23;/h4-14H,1-3H3,(H2,28,30)(H,31,32);1H. The second-order valence-electron chi connectivity index (χ2n) is 8.19. The van der Waals surface area contributed by atoms with Gasteiger partial charge in [-0.15, -0.1) is 0 Å². The fraction of sp³-hybridized carbons (Fsp3) is 0.115. The molecule has 2 aromatic heterocycles. The second kappa shape index (κ2) is 9.96. The van der Waals surface area contributed by atoms with Crippen LogP contribution in [0.25, 0.3) is 11.3 Å². The number of sulfonamides is 1. The van der Waals surface area contributed by atoms with E-state index in [1.54, 1.807) is 24.3 Å². The number of nitrogens with zero attached hydrogens (tertiary/aromatic N) is 2. The number of halogens is 1. The van der Waals surface area contributed by atoms with Crippen molar-refractivity contribution in [2.45, 2.75) is 25.8 Å². The van der Waals surface area contributed by atoms with Gasteiger partial charge in [-0.25, -0.2) is 14.7 Å². The van der Waals surface area contributed by atoms with Gasteiger partial charge in [0.25, 0.3) is 15.9 Å². The van der Waals surface area contributed by atoms with Gasteiger partial charge in [0.05, 0.1) is 5.69 Å². The Morgan fingerprint density at radius 1 is 0.972 bits per heavy atom. The zero-order chi connectivity index (χ0) is 26.0. The molecule has 4 aromatic rings. The molecular formula is C26H25ClN4O4S. The van der Waals surface area contributed by atoms with Crippen LogP contribution in [0.1, 0.15) is 28.5 Å². The quantitative estimate of drug-likeness (QED) is 0.343. The van der Waals surface area contributed by atoms with E-state index < -0.39 is 15.9 Å². The summed E-state index contributed by atoms with van der Waals surface area (Å²) in [5.41, 5.74) is 9.32. The maximum Gasteiger partial charge on any atom is 0.281 e. The molecule has 8 nitrogen and oxygen atoms in total. The van der Waals surface area contributed by atoms with Crippen LogP contribution in [-0.2, 0) is 10.0 Å². The molecule has 2 aromatic carbocycles. The van der Waals surface area contributed by atoms with E-state index in [9.17, 15) is 13.2 Å². The lowest BCUT2D eigenvalue weighted by molar-refractivity contribution is 0.0978. The van der Waals surface area contributed by atoms with Crippen LogP contribution in [0, 0.1) is 20.8 Å². The number of aromatic nitrogens is 2. The van der Waals surface area contributed by atoms with E-state index in [0.29, 0.717) is 22.0 Å². The molecule has 0 saturated heterocycles. The summed E-state index contributed by atoms with van der Waals surface area (Å²) in [6.07, 6.45) is 0. The lowest BCUT2D eigenvalue weighted by Gasteiger charge is -2.16. The maximum absolute atomic E-state index is 13.2. The molecule has 0 radical (unpaired) electrons. The highest BCUT2D eigenvalue weighted by atomic mass is 35.5. The molecule has 2 heterocycles. The highest BCUT2D eigenvalue weighted by molar-refractivity contribution is 7.90. The molecule has 0 aliphatic carbocycles. The molecule has 0 unspecified atom stereocenters. The number of benzene rings is 2. The lowest BCUT2D eigenvalue weighted by atomic mass is 10.1. The fourth-order valence-electron chi connectivity index (χ4n) is 3.74. The number of amides is 1. The number of nitrogens with two attached hydrogens (primary N) is 1. The number of anilines is 1. The number of rotatable bonds is 6. The molecule has 4 rings (SSSR count). The van der Waals surface area contributed by atoms with Gasteiger partial charge in [0.1, 0.15) is 17.1 Å². The Labute approximate surface area is 215 Å². The van der Waals surface area contributed by atoms with Crippen molar-refractivity contribution in [1.29, 1.82) is 0 Å². The number of aryl methyl sites for hydroxylation is 3. The van der Waals surface area contributed by atoms with Gasteiger partial charge in [0.15, 0.2) is 5.03 Å². The zero-order valence-corrected chi connectivity index (χ0v) is 21.3. The number of nitrogen functional groups attached to an aromatic ring is 1. The Balaban J connectivity index is 0.00000380. The minimum Gasteiger partial charge on any atom is -0.438 e. The van der Waals surface area contributed by atoms with Gasteiger partial charge in [-0.3, -0.25) is 4.79 Å². The number of ether oxygens (including phenoxy) is 1. The first-order valence-corrected chi connectivity index (χ1v) is 12.7. The fourth-order valence-corrected chi connectivity index (χ4v) is 4.92. The van der Waals surface area contributed by atoms with Crippen LogP contribution in [0.2, 0.25) is 5.02 Å². The van der Waals surface area contributed by atoms with Crippen molar-refractivity contribution >= 4 is 33.3 Å². The van der Waals surface area contributed by atoms with Gasteiger partial charge in [0, 0.05) is 12.0 Å². The minimum absolute atomic E-state index is 0. The first-order chi connectivity index (χ1) is 17.0. The summed E-state index contributed by atoms with van der Waals surface area (Å²) in [5, 5.41) is 0.0790. The average Bonchev–Trinajstić information content (AvgIpc) is 2.81. The normalized spacial score (nSPS) is 11.2. The van der Waals surface area contributed by atoms with E-state index in [1.807, 2.05) is 43.7 Å². The maximum atomic E-state index is 13.2. The van der Waals surface area contributed by atoms with Gasteiger partial charge in [-0.05, 0) is 62.2 Å². The topological polar surface area (TPSA) is 124 Å². The molecule has 0 aliphatic heterocycles. The third-order valence-corrected chi connectivity index (χ3v) is 6.87. The smallest absolute Gasteiger partial charge is 0.281 e. The van der Waals surface area contributed by atoms with Crippen molar-refractivity contribution in [3.8, 4) is 22.9 Å². The lowest BCUT2D eigenvalue weighted by Crippen LogP contribution is -2.31. The number of carbonyl (C=O) groups excluding carboxylic acids is 1. The van der Waals surface area contributed by atoms with Gasteiger partial charge in [-0.1, -0.05) is 53.6 Å². The molecular weight excluding hydrogens is 500 g/mol. The van der Waals surface area contributed by atoms with Gasteiger partial charge in [-0.2, -0.15) is 8.42 Å². The van der Waals surface area contributed by atoms with Crippen molar-refractivity contribution < 1.29 is 19.4 Å². The monoisotopic (exact) mass is 524 g/mol. The van der Waals surface area contributed by atoms with Crippen molar-refractivity contribution in [3.05, 3.63) is 94.0 Å². The molecule has 0 fully saturated rings. The summed E-state index contributed by atoms with van der Waals surface area (Å²) in [6, 6.07) is 18.1. The third kappa shape index (κ3) is 5.32. The van der Waals surface area contributed by atoms with Crippen molar-refractivity contribution in [2.24, 2.45) is 0 Å². The molecule has 3 N–H and O–H groups in total. The van der Waals surface area contributed by atoms with E-state index in [4.69, 9.17) is 22.1 Å². The SMILES string of the molecule is Cc1cc(C)c(Oc2nc(-c3ccccc3Cl)ccc2C(=O)NS(=O)(=O)c2cccc(N)n2)c(C)c1.[HH]. The molecule has 10 heteroatoms. The van der Waals surface area contributed by atoms with E-state index in [0.717, 1.165) is 16.7 Å². The number of pyridine rings is 2. The average molecular weight is 525 g/mol. The van der Waals surface area contributed by atoms with E-state index >= 15 is 0 Å². The largest absolute Gasteiger partial charge is 0.438 e. The molecule has 0 bridgehead atoms. The van der Waals surface area contributed by atoms with Crippen molar-refractivity contribution in [3.63, 3.8) is 0 Å². The van der Waals surface area contributed by atoms with Gasteiger partial charge >= 0.3 is 0 Å². The molecule has 0 aliphatic rings. The predicted molar refractivity (Wildman–Crippen MR) is 141 cm³/mol. The molecule has 186 valence electrons. The van der Waals surface area contributed by atoms with E-state index in [-0.39, 0.29) is 23.7 Å². The number of hydrogen-bond acceptors (Lipinski definition) is 7. The van der Waals surface area contributed by atoms with E-state index in [2.05, 4.69) is 9.97 Å². The number of nitrogens with one attached hydrogen (secondary N) is 1. The van der Waals surface area contributed by atoms with Crippen LogP contribution in [0.5, 0.6) is 11.6 Å². The highest BCUT2D eigenvalue weighted by Gasteiger charge is 2.25. The van der Waals surface area contributed by atoms with Crippen molar-refractivity contribution in [2.75, 3.05) is 5.73 Å². The Hall–Kier alpha value is -3.95. The Morgan fingerprint density at radius 3 is 2.33 bits per heavy atom. The minimum atomic E-state index is -4.31. The summed E-state index contributed by atoms with van der Waals surface area (Å²) in [7, 11) is -4.31. The van der Waals surface area contributed by atoms with Crippen LogP contribution in [0.3, 0.4) is 0 Å². The van der Waals surface area contributed by atoms with Gasteiger partial charge < -0.3 is 10.5 Å². The number of carbonyl (C=O) groups is 1. The highest BCUT2D eigenvalue weighted by Crippen LogP contribution is 2.34. The summed E-state index contributed by atoms with van der Waals surface area (Å²) in [5.74, 6) is -0.491. The summed E-state index contributed by atoms with van der Waals surface area (Å²) < 4.78 is 33.7. The predicted octanol–water partition coefficient (Wildman–Crippen LogP) is 5.46. The zero-order valence-electron chi connectivity index (χ0n) is 19.7. The van der Waals surface area contributed by atoms with Crippen LogP contribution in [0.4, 0.5) is 5.82 Å². The molecule has 0 spiro atoms.